The largest absolute Gasteiger partial charge is 0.496 e. The molecule has 0 aliphatic heterocycles. The highest BCUT2D eigenvalue weighted by molar-refractivity contribution is 7.20. The van der Waals surface area contributed by atoms with Crippen LogP contribution in [0, 0.1) is 17.3 Å². The first-order chi connectivity index (χ1) is 11.5. The number of carbonyl (C=O) groups is 2. The Morgan fingerprint density at radius 2 is 2.12 bits per heavy atom. The van der Waals surface area contributed by atoms with E-state index in [-0.39, 0.29) is 24.2 Å². The lowest BCUT2D eigenvalue weighted by Crippen LogP contribution is -2.18. The molecular formula is C19H20O4S. The van der Waals surface area contributed by atoms with E-state index in [1.165, 1.54) is 11.3 Å². The maximum absolute atomic E-state index is 12.9. The van der Waals surface area contributed by atoms with Crippen molar-refractivity contribution in [1.29, 1.82) is 0 Å². The molecule has 4 nitrogen and oxygen atoms in total. The van der Waals surface area contributed by atoms with E-state index >= 15 is 0 Å². The molecule has 0 bridgehead atoms. The fraction of sp³-hybridized carbons (Fsp3) is 0.368. The van der Waals surface area contributed by atoms with Crippen molar-refractivity contribution >= 4 is 39.6 Å². The number of ketones is 1. The Morgan fingerprint density at radius 1 is 1.38 bits per heavy atom. The first-order valence-corrected chi connectivity index (χ1v) is 8.57. The van der Waals surface area contributed by atoms with Gasteiger partial charge in [-0.25, -0.2) is 0 Å². The number of hydrogen-bond donors (Lipinski definition) is 0. The third-order valence-corrected chi connectivity index (χ3v) is 6.16. The summed E-state index contributed by atoms with van der Waals surface area (Å²) in [7, 11) is 3.17. The first-order valence-electron chi connectivity index (χ1n) is 7.76. The van der Waals surface area contributed by atoms with Gasteiger partial charge in [-0.3, -0.25) is 4.79 Å². The zero-order valence-electron chi connectivity index (χ0n) is 14.0. The number of fused-ring (bicyclic) bond motifs is 1. The molecule has 3 atom stereocenters. The van der Waals surface area contributed by atoms with Gasteiger partial charge in [0.15, 0.2) is 5.78 Å². The molecule has 1 heterocycles. The van der Waals surface area contributed by atoms with Crippen molar-refractivity contribution in [2.75, 3.05) is 20.8 Å². The summed E-state index contributed by atoms with van der Waals surface area (Å²) in [6.45, 7) is 6.01. The quantitative estimate of drug-likeness (QED) is 0.566. The van der Waals surface area contributed by atoms with Crippen LogP contribution in [0.2, 0.25) is 0 Å². The first kappa shape index (κ1) is 16.9. The molecule has 1 aliphatic rings. The lowest BCUT2D eigenvalue weighted by molar-refractivity contribution is -0.114. The standard InChI is InChI=1S/C19H20O4S/c1-5-12-6-13-7-16(24-15(13)8-14(12)23-4)18(21)17-11(2)19(17,9-20)10-22-3/h5-9,11,17H,1,10H2,2-4H3/t11-,17-,19+/m0/s1. The monoisotopic (exact) mass is 344 g/mol. The van der Waals surface area contributed by atoms with Gasteiger partial charge in [0.25, 0.3) is 0 Å². The number of rotatable bonds is 7. The van der Waals surface area contributed by atoms with E-state index in [1.807, 2.05) is 25.1 Å². The second kappa shape index (κ2) is 6.15. The summed E-state index contributed by atoms with van der Waals surface area (Å²) in [5.74, 6) is 0.460. The minimum atomic E-state index is -0.675. The molecule has 1 aromatic carbocycles. The summed E-state index contributed by atoms with van der Waals surface area (Å²) in [4.78, 5) is 25.1. The maximum Gasteiger partial charge on any atom is 0.177 e. The van der Waals surface area contributed by atoms with Crippen LogP contribution in [0.25, 0.3) is 16.2 Å². The molecular weight excluding hydrogens is 324 g/mol. The molecule has 1 fully saturated rings. The van der Waals surface area contributed by atoms with Crippen LogP contribution in [0.1, 0.15) is 22.2 Å². The van der Waals surface area contributed by atoms with Gasteiger partial charge in [0.05, 0.1) is 24.0 Å². The number of carbonyl (C=O) groups excluding carboxylic acids is 2. The Hall–Kier alpha value is -1.98. The Balaban J connectivity index is 1.97. The Bertz CT molecular complexity index is 822. The molecule has 3 rings (SSSR count). The molecule has 0 spiro atoms. The number of hydrogen-bond acceptors (Lipinski definition) is 5. The maximum atomic E-state index is 12.9. The van der Waals surface area contributed by atoms with Gasteiger partial charge in [-0.15, -0.1) is 11.3 Å². The summed E-state index contributed by atoms with van der Waals surface area (Å²) in [6.07, 6.45) is 2.62. The molecule has 0 radical (unpaired) electrons. The van der Waals surface area contributed by atoms with Gasteiger partial charge in [-0.2, -0.15) is 0 Å². The second-order valence-electron chi connectivity index (χ2n) is 6.24. The van der Waals surface area contributed by atoms with Gasteiger partial charge in [0.1, 0.15) is 12.0 Å². The predicted octanol–water partition coefficient (Wildman–Crippen LogP) is 3.83. The Morgan fingerprint density at radius 3 is 2.71 bits per heavy atom. The van der Waals surface area contributed by atoms with Crippen LogP contribution in [0.5, 0.6) is 5.75 Å². The molecule has 2 aromatic rings. The lowest BCUT2D eigenvalue weighted by atomic mass is 10.0. The molecule has 126 valence electrons. The van der Waals surface area contributed by atoms with E-state index in [4.69, 9.17) is 9.47 Å². The molecule has 1 aromatic heterocycles. The highest BCUT2D eigenvalue weighted by atomic mass is 32.1. The lowest BCUT2D eigenvalue weighted by Gasteiger charge is -2.07. The van der Waals surface area contributed by atoms with Crippen LogP contribution in [-0.4, -0.2) is 32.9 Å². The summed E-state index contributed by atoms with van der Waals surface area (Å²) < 4.78 is 11.5. The summed E-state index contributed by atoms with van der Waals surface area (Å²) in [6, 6.07) is 5.78. The van der Waals surface area contributed by atoms with Gasteiger partial charge in [-0.1, -0.05) is 19.6 Å². The van der Waals surface area contributed by atoms with Crippen molar-refractivity contribution in [3.05, 3.63) is 35.2 Å². The predicted molar refractivity (Wildman–Crippen MR) is 95.8 cm³/mol. The average Bonchev–Trinajstić information content (AvgIpc) is 2.96. The average molecular weight is 344 g/mol. The molecule has 1 aliphatic carbocycles. The smallest absolute Gasteiger partial charge is 0.177 e. The summed E-state index contributed by atoms with van der Waals surface area (Å²) in [5, 5.41) is 0.982. The third-order valence-electron chi connectivity index (χ3n) is 5.05. The zero-order chi connectivity index (χ0) is 17.5. The fourth-order valence-corrected chi connectivity index (χ4v) is 4.56. The van der Waals surface area contributed by atoms with Gasteiger partial charge in [0.2, 0.25) is 0 Å². The van der Waals surface area contributed by atoms with Crippen LogP contribution >= 0.6 is 11.3 Å². The molecule has 24 heavy (non-hydrogen) atoms. The van der Waals surface area contributed by atoms with E-state index in [0.717, 1.165) is 27.7 Å². The number of ether oxygens (including phenoxy) is 2. The van der Waals surface area contributed by atoms with Crippen LogP contribution in [0.3, 0.4) is 0 Å². The number of benzene rings is 1. The van der Waals surface area contributed by atoms with Gasteiger partial charge in [-0.05, 0) is 29.5 Å². The SMILES string of the molecule is C=Cc1cc2cc(C(=O)[C@@H]3[C@H](C)[C@@]3(C=O)COC)sc2cc1OC. The Labute approximate surface area is 145 Å². The minimum absolute atomic E-state index is 0.00549. The van der Waals surface area contributed by atoms with E-state index in [9.17, 15) is 9.59 Å². The van der Waals surface area contributed by atoms with Crippen molar-refractivity contribution in [3.8, 4) is 5.75 Å². The fourth-order valence-electron chi connectivity index (χ4n) is 3.51. The van der Waals surface area contributed by atoms with Gasteiger partial charge < -0.3 is 14.3 Å². The van der Waals surface area contributed by atoms with E-state index < -0.39 is 5.41 Å². The van der Waals surface area contributed by atoms with Crippen molar-refractivity contribution in [2.24, 2.45) is 17.3 Å². The molecule has 0 amide bonds. The van der Waals surface area contributed by atoms with Crippen molar-refractivity contribution in [1.82, 2.24) is 0 Å². The summed E-state index contributed by atoms with van der Waals surface area (Å²) in [5.41, 5.74) is 0.217. The van der Waals surface area contributed by atoms with Crippen molar-refractivity contribution in [3.63, 3.8) is 0 Å². The zero-order valence-corrected chi connectivity index (χ0v) is 14.8. The Kier molecular flexibility index (Phi) is 4.32. The van der Waals surface area contributed by atoms with Crippen molar-refractivity contribution in [2.45, 2.75) is 6.92 Å². The second-order valence-corrected chi connectivity index (χ2v) is 7.32. The molecule has 0 N–H and O–H groups in total. The number of thiophene rings is 1. The highest BCUT2D eigenvalue weighted by Gasteiger charge is 2.65. The summed E-state index contributed by atoms with van der Waals surface area (Å²) >= 11 is 1.43. The van der Waals surface area contributed by atoms with E-state index in [0.29, 0.717) is 4.88 Å². The van der Waals surface area contributed by atoms with Gasteiger partial charge >= 0.3 is 0 Å². The van der Waals surface area contributed by atoms with E-state index in [2.05, 4.69) is 6.58 Å². The van der Waals surface area contributed by atoms with Crippen LogP contribution in [0.15, 0.2) is 24.8 Å². The van der Waals surface area contributed by atoms with E-state index in [1.54, 1.807) is 20.3 Å². The molecule has 5 heteroatoms. The van der Waals surface area contributed by atoms with Gasteiger partial charge in [0, 0.05) is 23.3 Å². The molecule has 0 saturated heterocycles. The normalized spacial score (nSPS) is 25.5. The number of aldehydes is 1. The number of Topliss-reactive ketones (excluding diaryl/α,β-unsaturated/α-hetero) is 1. The van der Waals surface area contributed by atoms with Crippen molar-refractivity contribution < 1.29 is 19.1 Å². The van der Waals surface area contributed by atoms with Crippen LogP contribution < -0.4 is 4.74 Å². The topological polar surface area (TPSA) is 52.6 Å². The number of methoxy groups -OCH3 is 2. The highest BCUT2D eigenvalue weighted by Crippen LogP contribution is 2.59. The minimum Gasteiger partial charge on any atom is -0.496 e. The van der Waals surface area contributed by atoms with Crippen LogP contribution in [-0.2, 0) is 9.53 Å². The molecule has 0 unspecified atom stereocenters. The van der Waals surface area contributed by atoms with Crippen LogP contribution in [0.4, 0.5) is 0 Å². The third kappa shape index (κ3) is 2.39. The molecule has 1 saturated carbocycles.